The lowest BCUT2D eigenvalue weighted by molar-refractivity contribution is -0.106. The highest BCUT2D eigenvalue weighted by molar-refractivity contribution is 5.29. The molecule has 13 heavy (non-hydrogen) atoms. The van der Waals surface area contributed by atoms with Crippen molar-refractivity contribution in [2.24, 2.45) is 0 Å². The molecule has 0 radical (unpaired) electrons. The van der Waals surface area contributed by atoms with Gasteiger partial charge in [0.05, 0.1) is 7.11 Å². The summed E-state index contributed by atoms with van der Waals surface area (Å²) >= 11 is 0. The molecule has 0 bridgehead atoms. The Hall–Kier alpha value is -1.06. The van der Waals surface area contributed by atoms with Gasteiger partial charge in [0.2, 0.25) is 0 Å². The molecule has 0 fully saturated rings. The van der Waals surface area contributed by atoms with Crippen LogP contribution in [0.3, 0.4) is 0 Å². The van der Waals surface area contributed by atoms with Crippen molar-refractivity contribution in [3.63, 3.8) is 0 Å². The minimum Gasteiger partial charge on any atom is -0.497 e. The lowest BCUT2D eigenvalue weighted by Gasteiger charge is -2.13. The zero-order valence-corrected chi connectivity index (χ0v) is 8.11. The maximum Gasteiger partial charge on any atom is 0.183 e. The third-order valence-corrected chi connectivity index (χ3v) is 1.79. The first-order chi connectivity index (χ1) is 6.31. The van der Waals surface area contributed by atoms with E-state index < -0.39 is 0 Å². The normalized spacial score (nSPS) is 10.5. The van der Waals surface area contributed by atoms with Crippen LogP contribution in [0.15, 0.2) is 24.3 Å². The summed E-state index contributed by atoms with van der Waals surface area (Å²) in [5, 5.41) is 0. The topological polar surface area (TPSA) is 27.7 Å². The quantitative estimate of drug-likeness (QED) is 0.666. The van der Waals surface area contributed by atoms with Gasteiger partial charge >= 0.3 is 0 Å². The SMILES string of the molecule is COc1cccc(C(OC)OC)c1. The summed E-state index contributed by atoms with van der Waals surface area (Å²) in [4.78, 5) is 0. The van der Waals surface area contributed by atoms with Crippen LogP contribution in [0.25, 0.3) is 0 Å². The van der Waals surface area contributed by atoms with Crippen molar-refractivity contribution in [3.8, 4) is 5.75 Å². The predicted molar refractivity (Wildman–Crippen MR) is 49.8 cm³/mol. The van der Waals surface area contributed by atoms with Gasteiger partial charge in [-0.2, -0.15) is 0 Å². The van der Waals surface area contributed by atoms with Crippen LogP contribution in [0.4, 0.5) is 0 Å². The largest absolute Gasteiger partial charge is 0.497 e. The molecule has 0 aliphatic rings. The molecule has 0 unspecified atom stereocenters. The molecule has 0 aromatic heterocycles. The van der Waals surface area contributed by atoms with E-state index in [1.165, 1.54) is 0 Å². The number of methoxy groups -OCH3 is 3. The van der Waals surface area contributed by atoms with Crippen molar-refractivity contribution < 1.29 is 14.2 Å². The zero-order valence-electron chi connectivity index (χ0n) is 8.11. The van der Waals surface area contributed by atoms with E-state index in [4.69, 9.17) is 14.2 Å². The lowest BCUT2D eigenvalue weighted by atomic mass is 10.2. The fourth-order valence-electron chi connectivity index (χ4n) is 1.16. The first-order valence-electron chi connectivity index (χ1n) is 4.01. The Morgan fingerprint density at radius 3 is 2.31 bits per heavy atom. The fraction of sp³-hybridized carbons (Fsp3) is 0.400. The van der Waals surface area contributed by atoms with Crippen LogP contribution in [0.2, 0.25) is 0 Å². The van der Waals surface area contributed by atoms with Crippen LogP contribution in [0.5, 0.6) is 5.75 Å². The van der Waals surface area contributed by atoms with Gasteiger partial charge in [-0.3, -0.25) is 0 Å². The van der Waals surface area contributed by atoms with Crippen molar-refractivity contribution in [3.05, 3.63) is 29.8 Å². The highest BCUT2D eigenvalue weighted by atomic mass is 16.7. The molecule has 1 aromatic rings. The Kier molecular flexibility index (Phi) is 3.73. The van der Waals surface area contributed by atoms with Gasteiger partial charge in [-0.25, -0.2) is 0 Å². The fourth-order valence-corrected chi connectivity index (χ4v) is 1.16. The van der Waals surface area contributed by atoms with E-state index >= 15 is 0 Å². The highest BCUT2D eigenvalue weighted by Crippen LogP contribution is 2.21. The second-order valence-electron chi connectivity index (χ2n) is 2.58. The minimum absolute atomic E-state index is 0.324. The molecular weight excluding hydrogens is 168 g/mol. The second-order valence-corrected chi connectivity index (χ2v) is 2.58. The summed E-state index contributed by atoms with van der Waals surface area (Å²) in [7, 11) is 4.84. The van der Waals surface area contributed by atoms with Crippen molar-refractivity contribution in [2.75, 3.05) is 21.3 Å². The molecule has 72 valence electrons. The van der Waals surface area contributed by atoms with Gasteiger partial charge in [-0.05, 0) is 12.1 Å². The van der Waals surface area contributed by atoms with E-state index in [0.29, 0.717) is 0 Å². The Labute approximate surface area is 78.2 Å². The molecule has 1 aromatic carbocycles. The number of ether oxygens (including phenoxy) is 3. The van der Waals surface area contributed by atoms with Gasteiger partial charge < -0.3 is 14.2 Å². The average Bonchev–Trinajstić information content (AvgIpc) is 2.20. The van der Waals surface area contributed by atoms with Crippen molar-refractivity contribution in [1.82, 2.24) is 0 Å². The maximum absolute atomic E-state index is 5.11. The molecule has 0 aliphatic carbocycles. The molecule has 0 N–H and O–H groups in total. The standard InChI is InChI=1S/C10H14O3/c1-11-9-6-4-5-8(7-9)10(12-2)13-3/h4-7,10H,1-3H3. The number of hydrogen-bond donors (Lipinski definition) is 0. The van der Waals surface area contributed by atoms with Crippen LogP contribution in [0.1, 0.15) is 11.9 Å². The Balaban J connectivity index is 2.86. The van der Waals surface area contributed by atoms with E-state index in [-0.39, 0.29) is 6.29 Å². The summed E-state index contributed by atoms with van der Waals surface area (Å²) in [5.41, 5.74) is 0.948. The molecular formula is C10H14O3. The smallest absolute Gasteiger partial charge is 0.183 e. The Bertz CT molecular complexity index is 256. The molecule has 0 saturated heterocycles. The van der Waals surface area contributed by atoms with E-state index in [1.807, 2.05) is 24.3 Å². The Morgan fingerprint density at radius 2 is 1.77 bits per heavy atom. The number of benzene rings is 1. The van der Waals surface area contributed by atoms with E-state index in [9.17, 15) is 0 Å². The Morgan fingerprint density at radius 1 is 1.08 bits per heavy atom. The minimum atomic E-state index is -0.324. The summed E-state index contributed by atoms with van der Waals surface area (Å²) < 4.78 is 15.3. The van der Waals surface area contributed by atoms with Gasteiger partial charge in [0.15, 0.2) is 6.29 Å². The van der Waals surface area contributed by atoms with E-state index in [2.05, 4.69) is 0 Å². The summed E-state index contributed by atoms with van der Waals surface area (Å²) in [6, 6.07) is 7.60. The number of hydrogen-bond acceptors (Lipinski definition) is 3. The highest BCUT2D eigenvalue weighted by Gasteiger charge is 2.08. The van der Waals surface area contributed by atoms with Gasteiger partial charge in [-0.1, -0.05) is 12.1 Å². The zero-order chi connectivity index (χ0) is 9.68. The molecule has 0 atom stereocenters. The van der Waals surface area contributed by atoms with Crippen molar-refractivity contribution in [2.45, 2.75) is 6.29 Å². The third-order valence-electron chi connectivity index (χ3n) is 1.79. The molecule has 3 nitrogen and oxygen atoms in total. The van der Waals surface area contributed by atoms with Crippen LogP contribution < -0.4 is 4.74 Å². The van der Waals surface area contributed by atoms with Crippen LogP contribution >= 0.6 is 0 Å². The summed E-state index contributed by atoms with van der Waals surface area (Å²) in [6.45, 7) is 0. The first kappa shape index (κ1) is 10.0. The summed E-state index contributed by atoms with van der Waals surface area (Å²) in [5.74, 6) is 0.802. The summed E-state index contributed by atoms with van der Waals surface area (Å²) in [6.07, 6.45) is -0.324. The molecule has 3 heteroatoms. The van der Waals surface area contributed by atoms with Gasteiger partial charge in [0.25, 0.3) is 0 Å². The third kappa shape index (κ3) is 2.44. The molecule has 0 saturated carbocycles. The van der Waals surface area contributed by atoms with Gasteiger partial charge in [-0.15, -0.1) is 0 Å². The van der Waals surface area contributed by atoms with Crippen molar-refractivity contribution in [1.29, 1.82) is 0 Å². The molecule has 0 heterocycles. The monoisotopic (exact) mass is 182 g/mol. The maximum atomic E-state index is 5.11. The predicted octanol–water partition coefficient (Wildman–Crippen LogP) is 1.99. The lowest BCUT2D eigenvalue weighted by Crippen LogP contribution is -2.03. The first-order valence-corrected chi connectivity index (χ1v) is 4.01. The second kappa shape index (κ2) is 4.84. The van der Waals surface area contributed by atoms with E-state index in [0.717, 1.165) is 11.3 Å². The average molecular weight is 182 g/mol. The molecule has 0 amide bonds. The van der Waals surface area contributed by atoms with Crippen LogP contribution in [-0.2, 0) is 9.47 Å². The molecule has 0 aliphatic heterocycles. The van der Waals surface area contributed by atoms with E-state index in [1.54, 1.807) is 21.3 Å². The van der Waals surface area contributed by atoms with Crippen LogP contribution in [-0.4, -0.2) is 21.3 Å². The van der Waals surface area contributed by atoms with Crippen LogP contribution in [0, 0.1) is 0 Å². The van der Waals surface area contributed by atoms with Crippen molar-refractivity contribution >= 4 is 0 Å². The van der Waals surface area contributed by atoms with Gasteiger partial charge in [0.1, 0.15) is 5.75 Å². The molecule has 0 spiro atoms. The van der Waals surface area contributed by atoms with Gasteiger partial charge in [0, 0.05) is 19.8 Å². The number of rotatable bonds is 4. The molecule has 1 rings (SSSR count).